The normalized spacial score (nSPS) is 19.9. The molecule has 1 fully saturated rings. The minimum Gasteiger partial charge on any atom is -0.378 e. The van der Waals surface area contributed by atoms with E-state index in [2.05, 4.69) is 20.7 Å². The monoisotopic (exact) mass is 247 g/mol. The van der Waals surface area contributed by atoms with Crippen molar-refractivity contribution in [1.29, 1.82) is 0 Å². The highest BCUT2D eigenvalue weighted by molar-refractivity contribution is 5.94. The van der Waals surface area contributed by atoms with E-state index in [1.807, 2.05) is 0 Å². The molecule has 1 unspecified atom stereocenters. The van der Waals surface area contributed by atoms with Gasteiger partial charge in [0.1, 0.15) is 11.9 Å². The quantitative estimate of drug-likeness (QED) is 0.758. The zero-order valence-corrected chi connectivity index (χ0v) is 9.67. The third kappa shape index (κ3) is 2.05. The molecule has 0 saturated carbocycles. The predicted molar refractivity (Wildman–Crippen MR) is 64.2 cm³/mol. The van der Waals surface area contributed by atoms with Crippen LogP contribution in [0, 0.1) is 0 Å². The highest BCUT2D eigenvalue weighted by atomic mass is 16.5. The van der Waals surface area contributed by atoms with E-state index in [0.717, 1.165) is 0 Å². The summed E-state index contributed by atoms with van der Waals surface area (Å²) in [5, 5.41) is 10.0. The van der Waals surface area contributed by atoms with Gasteiger partial charge in [-0.1, -0.05) is 0 Å². The van der Waals surface area contributed by atoms with E-state index in [1.165, 1.54) is 0 Å². The van der Waals surface area contributed by atoms with E-state index < -0.39 is 0 Å². The highest BCUT2D eigenvalue weighted by Gasteiger charge is 2.21. The number of aromatic nitrogens is 3. The van der Waals surface area contributed by atoms with Crippen LogP contribution in [0.25, 0.3) is 5.65 Å². The van der Waals surface area contributed by atoms with Gasteiger partial charge in [-0.15, -0.1) is 0 Å². The third-order valence-corrected chi connectivity index (χ3v) is 2.78. The summed E-state index contributed by atoms with van der Waals surface area (Å²) in [5.41, 5.74) is 0.695. The molecule has 1 amide bonds. The van der Waals surface area contributed by atoms with Crippen molar-refractivity contribution in [3.8, 4) is 0 Å². The van der Waals surface area contributed by atoms with E-state index in [4.69, 9.17) is 4.74 Å². The number of fused-ring (bicyclic) bond motifs is 1. The molecule has 94 valence electrons. The smallest absolute Gasteiger partial charge is 0.245 e. The molecule has 1 saturated heterocycles. The van der Waals surface area contributed by atoms with Crippen LogP contribution in [0.5, 0.6) is 0 Å². The van der Waals surface area contributed by atoms with Gasteiger partial charge in [0, 0.05) is 18.8 Å². The SMILES string of the molecule is O=C(Nc1ccnc2ccnn12)C1COCCN1. The Morgan fingerprint density at radius 1 is 1.50 bits per heavy atom. The Kier molecular flexibility index (Phi) is 2.91. The van der Waals surface area contributed by atoms with E-state index in [1.54, 1.807) is 29.0 Å². The van der Waals surface area contributed by atoms with Crippen molar-refractivity contribution >= 4 is 17.4 Å². The molecule has 0 aromatic carbocycles. The second-order valence-corrected chi connectivity index (χ2v) is 4.00. The molecule has 0 spiro atoms. The minimum atomic E-state index is -0.322. The highest BCUT2D eigenvalue weighted by Crippen LogP contribution is 2.09. The molecule has 18 heavy (non-hydrogen) atoms. The fraction of sp³-hybridized carbons (Fsp3) is 0.364. The molecule has 1 aliphatic rings. The average Bonchev–Trinajstić information content (AvgIpc) is 2.89. The van der Waals surface area contributed by atoms with Crippen LogP contribution in [0.2, 0.25) is 0 Å². The van der Waals surface area contributed by atoms with E-state index >= 15 is 0 Å². The predicted octanol–water partition coefficient (Wildman–Crippen LogP) is -0.344. The number of anilines is 1. The van der Waals surface area contributed by atoms with E-state index in [-0.39, 0.29) is 11.9 Å². The van der Waals surface area contributed by atoms with Crippen LogP contribution in [0.15, 0.2) is 24.5 Å². The number of nitrogens with one attached hydrogen (secondary N) is 2. The lowest BCUT2D eigenvalue weighted by atomic mass is 10.2. The fourth-order valence-electron chi connectivity index (χ4n) is 1.88. The number of ether oxygens (including phenoxy) is 1. The summed E-state index contributed by atoms with van der Waals surface area (Å²) >= 11 is 0. The Bertz CT molecular complexity index is 561. The Hall–Kier alpha value is -1.99. The molecule has 0 bridgehead atoms. The van der Waals surface area contributed by atoms with Gasteiger partial charge in [-0.3, -0.25) is 4.79 Å². The molecule has 2 aromatic rings. The molecule has 1 atom stereocenters. The van der Waals surface area contributed by atoms with Crippen molar-refractivity contribution in [2.24, 2.45) is 0 Å². The van der Waals surface area contributed by atoms with Crippen LogP contribution in [-0.4, -0.2) is 46.3 Å². The summed E-state index contributed by atoms with van der Waals surface area (Å²) in [7, 11) is 0. The lowest BCUT2D eigenvalue weighted by Crippen LogP contribution is -2.49. The fourth-order valence-corrected chi connectivity index (χ4v) is 1.88. The van der Waals surface area contributed by atoms with Gasteiger partial charge in [-0.05, 0) is 6.07 Å². The number of nitrogens with zero attached hydrogens (tertiary/aromatic N) is 3. The summed E-state index contributed by atoms with van der Waals surface area (Å²) < 4.78 is 6.84. The van der Waals surface area contributed by atoms with Gasteiger partial charge in [0.15, 0.2) is 5.65 Å². The van der Waals surface area contributed by atoms with Crippen LogP contribution in [0.3, 0.4) is 0 Å². The molecule has 0 radical (unpaired) electrons. The van der Waals surface area contributed by atoms with Crippen LogP contribution >= 0.6 is 0 Å². The number of carbonyl (C=O) groups is 1. The summed E-state index contributed by atoms with van der Waals surface area (Å²) in [6, 6.07) is 3.16. The molecule has 2 N–H and O–H groups in total. The number of morpholine rings is 1. The summed E-state index contributed by atoms with van der Waals surface area (Å²) in [6.45, 7) is 1.72. The molecule has 0 aliphatic carbocycles. The molecule has 7 heteroatoms. The van der Waals surface area contributed by atoms with Gasteiger partial charge in [0.2, 0.25) is 5.91 Å². The third-order valence-electron chi connectivity index (χ3n) is 2.78. The Morgan fingerprint density at radius 2 is 2.44 bits per heavy atom. The van der Waals surface area contributed by atoms with Crippen LogP contribution in [-0.2, 0) is 9.53 Å². The molecule has 7 nitrogen and oxygen atoms in total. The van der Waals surface area contributed by atoms with Crippen molar-refractivity contribution in [1.82, 2.24) is 19.9 Å². The van der Waals surface area contributed by atoms with Crippen LogP contribution in [0.1, 0.15) is 0 Å². The maximum atomic E-state index is 12.0. The Labute approximate surface area is 103 Å². The van der Waals surface area contributed by atoms with Gasteiger partial charge >= 0.3 is 0 Å². The zero-order chi connectivity index (χ0) is 12.4. The lowest BCUT2D eigenvalue weighted by Gasteiger charge is -2.22. The van der Waals surface area contributed by atoms with Crippen molar-refractivity contribution in [3.05, 3.63) is 24.5 Å². The van der Waals surface area contributed by atoms with Crippen molar-refractivity contribution < 1.29 is 9.53 Å². The van der Waals surface area contributed by atoms with Crippen molar-refractivity contribution in [2.75, 3.05) is 25.1 Å². The van der Waals surface area contributed by atoms with Gasteiger partial charge in [0.25, 0.3) is 0 Å². The summed E-state index contributed by atoms with van der Waals surface area (Å²) in [4.78, 5) is 16.1. The molecule has 3 rings (SSSR count). The molecular weight excluding hydrogens is 234 g/mol. The van der Waals surface area contributed by atoms with Gasteiger partial charge < -0.3 is 15.4 Å². The van der Waals surface area contributed by atoms with Gasteiger partial charge in [0.05, 0.1) is 19.4 Å². The lowest BCUT2D eigenvalue weighted by molar-refractivity contribution is -0.120. The topological polar surface area (TPSA) is 80.6 Å². The first-order valence-corrected chi connectivity index (χ1v) is 5.75. The molecule has 1 aliphatic heterocycles. The summed E-state index contributed by atoms with van der Waals surface area (Å²) in [6.07, 6.45) is 3.28. The zero-order valence-electron chi connectivity index (χ0n) is 9.67. The van der Waals surface area contributed by atoms with Gasteiger partial charge in [-0.2, -0.15) is 9.61 Å². The Morgan fingerprint density at radius 3 is 3.28 bits per heavy atom. The van der Waals surface area contributed by atoms with E-state index in [9.17, 15) is 4.79 Å². The number of amides is 1. The van der Waals surface area contributed by atoms with Crippen LogP contribution in [0.4, 0.5) is 5.82 Å². The molecule has 2 aromatic heterocycles. The van der Waals surface area contributed by atoms with Gasteiger partial charge in [-0.25, -0.2) is 4.98 Å². The summed E-state index contributed by atoms with van der Waals surface area (Å²) in [5.74, 6) is 0.472. The first-order valence-electron chi connectivity index (χ1n) is 5.75. The second-order valence-electron chi connectivity index (χ2n) is 4.00. The van der Waals surface area contributed by atoms with Crippen molar-refractivity contribution in [2.45, 2.75) is 6.04 Å². The maximum absolute atomic E-state index is 12.0. The minimum absolute atomic E-state index is 0.127. The standard InChI is InChI=1S/C11H13N5O2/c17-11(8-7-18-6-5-12-8)15-10-1-3-13-9-2-4-14-16(9)10/h1-4,8,12H,5-7H2,(H,15,17). The number of carbonyl (C=O) groups excluding carboxylic acids is 1. The largest absolute Gasteiger partial charge is 0.378 e. The first-order chi connectivity index (χ1) is 8.84. The van der Waals surface area contributed by atoms with Crippen LogP contribution < -0.4 is 10.6 Å². The molecular formula is C11H13N5O2. The number of hydrogen-bond donors (Lipinski definition) is 2. The Balaban J connectivity index is 1.79. The first kappa shape index (κ1) is 11.1. The van der Waals surface area contributed by atoms with E-state index in [0.29, 0.717) is 31.2 Å². The molecule has 3 heterocycles. The number of rotatable bonds is 2. The van der Waals surface area contributed by atoms with Crippen molar-refractivity contribution in [3.63, 3.8) is 0 Å². The maximum Gasteiger partial charge on any atom is 0.245 e. The number of hydrogen-bond acceptors (Lipinski definition) is 5. The average molecular weight is 247 g/mol. The second kappa shape index (κ2) is 4.71.